The number of benzene rings is 2. The molecule has 0 spiro atoms. The Labute approximate surface area is 150 Å². The molecule has 130 valence electrons. The molecule has 3 heteroatoms. The van der Waals surface area contributed by atoms with Crippen LogP contribution >= 0.6 is 0 Å². The van der Waals surface area contributed by atoms with Crippen LogP contribution in [0.4, 0.5) is 5.69 Å². The molecule has 2 aliphatic heterocycles. The molecule has 2 aromatic rings. The van der Waals surface area contributed by atoms with E-state index in [-0.39, 0.29) is 5.54 Å². The first kappa shape index (κ1) is 16.2. The first-order valence-electron chi connectivity index (χ1n) is 8.78. The van der Waals surface area contributed by atoms with E-state index >= 15 is 0 Å². The summed E-state index contributed by atoms with van der Waals surface area (Å²) in [6.45, 7) is 7.42. The van der Waals surface area contributed by atoms with Crippen molar-refractivity contribution in [1.82, 2.24) is 4.48 Å². The summed E-state index contributed by atoms with van der Waals surface area (Å²) in [6, 6.07) is 10.5. The van der Waals surface area contributed by atoms with Gasteiger partial charge in [0.15, 0.2) is 0 Å². The zero-order valence-corrected chi connectivity index (χ0v) is 15.9. The number of fused-ring (bicyclic) bond motifs is 5. The highest BCUT2D eigenvalue weighted by Crippen LogP contribution is 2.50. The molecule has 0 aliphatic carbocycles. The van der Waals surface area contributed by atoms with Gasteiger partial charge in [-0.05, 0) is 56.2 Å². The van der Waals surface area contributed by atoms with Crippen molar-refractivity contribution in [2.75, 3.05) is 21.2 Å². The first-order chi connectivity index (χ1) is 11.8. The summed E-state index contributed by atoms with van der Waals surface area (Å²) < 4.78 is 12.6. The van der Waals surface area contributed by atoms with E-state index < -0.39 is 0 Å². The Kier molecular flexibility index (Phi) is 3.32. The average molecular weight is 336 g/mol. The summed E-state index contributed by atoms with van der Waals surface area (Å²) in [6.07, 6.45) is 2.40. The van der Waals surface area contributed by atoms with Gasteiger partial charge in [-0.3, -0.25) is 4.48 Å². The third kappa shape index (κ3) is 2.09. The average Bonchev–Trinajstić information content (AvgIpc) is 2.58. The Bertz CT molecular complexity index is 892. The molecule has 0 amide bonds. The quantitative estimate of drug-likeness (QED) is 0.681. The number of ether oxygens (including phenoxy) is 2. The number of quaternary nitrogens is 1. The van der Waals surface area contributed by atoms with Crippen LogP contribution in [0.5, 0.6) is 11.5 Å². The van der Waals surface area contributed by atoms with Gasteiger partial charge in [-0.15, -0.1) is 0 Å². The highest BCUT2D eigenvalue weighted by Gasteiger charge is 2.43. The Balaban J connectivity index is 2.03. The van der Waals surface area contributed by atoms with E-state index in [0.717, 1.165) is 21.5 Å². The van der Waals surface area contributed by atoms with Crippen molar-refractivity contribution in [1.29, 1.82) is 0 Å². The van der Waals surface area contributed by atoms with Crippen LogP contribution < -0.4 is 14.0 Å². The van der Waals surface area contributed by atoms with E-state index in [2.05, 4.69) is 53.1 Å². The van der Waals surface area contributed by atoms with Crippen molar-refractivity contribution in [3.8, 4) is 22.6 Å². The smallest absolute Gasteiger partial charge is 0.141 e. The predicted molar refractivity (Wildman–Crippen MR) is 104 cm³/mol. The highest BCUT2D eigenvalue weighted by molar-refractivity contribution is 5.90. The summed E-state index contributed by atoms with van der Waals surface area (Å²) in [5, 5.41) is 0. The lowest BCUT2D eigenvalue weighted by Gasteiger charge is -2.47. The van der Waals surface area contributed by atoms with Crippen LogP contribution in [0.2, 0.25) is 0 Å². The molecule has 0 atom stereocenters. The molecular weight excluding hydrogens is 310 g/mol. The predicted octanol–water partition coefficient (Wildman–Crippen LogP) is 5.02. The summed E-state index contributed by atoms with van der Waals surface area (Å²) in [7, 11) is 6.29. The molecule has 0 radical (unpaired) electrons. The van der Waals surface area contributed by atoms with E-state index in [1.54, 1.807) is 7.11 Å². The number of methoxy groups -OCH3 is 1. The number of likely N-dealkylation sites (N-methyl/N-ethyl adjacent to an activating group) is 1. The fourth-order valence-corrected chi connectivity index (χ4v) is 4.22. The number of rotatable bonds is 1. The van der Waals surface area contributed by atoms with E-state index in [9.17, 15) is 0 Å². The van der Waals surface area contributed by atoms with E-state index in [4.69, 9.17) is 9.47 Å². The third-order valence-electron chi connectivity index (χ3n) is 6.15. The monoisotopic (exact) mass is 336 g/mol. The van der Waals surface area contributed by atoms with Crippen LogP contribution in [0.25, 0.3) is 16.7 Å². The van der Waals surface area contributed by atoms with Crippen molar-refractivity contribution in [2.45, 2.75) is 32.9 Å². The van der Waals surface area contributed by atoms with Crippen LogP contribution in [0.1, 0.15) is 31.9 Å². The zero-order chi connectivity index (χ0) is 18.0. The second kappa shape index (κ2) is 5.12. The van der Waals surface area contributed by atoms with Gasteiger partial charge in [0, 0.05) is 17.2 Å². The molecular formula is C22H26NO2+. The summed E-state index contributed by atoms with van der Waals surface area (Å²) >= 11 is 0. The molecule has 0 aromatic heterocycles. The molecule has 0 N–H and O–H groups in total. The van der Waals surface area contributed by atoms with Gasteiger partial charge in [-0.25, -0.2) is 0 Å². The third-order valence-corrected chi connectivity index (χ3v) is 6.15. The summed E-state index contributed by atoms with van der Waals surface area (Å²) in [5.41, 5.74) is 7.63. The van der Waals surface area contributed by atoms with Crippen molar-refractivity contribution >= 4 is 11.3 Å². The van der Waals surface area contributed by atoms with Crippen LogP contribution in [-0.2, 0) is 6.61 Å². The molecule has 2 heterocycles. The Morgan fingerprint density at radius 1 is 1.08 bits per heavy atom. The van der Waals surface area contributed by atoms with Gasteiger partial charge in [0.1, 0.15) is 29.3 Å². The lowest BCUT2D eigenvalue weighted by molar-refractivity contribution is 0.245. The molecule has 2 aliphatic rings. The standard InChI is InChI=1S/C22H26NO2/c1-14-12-22(2,3)23(4,5)17-11-10-15-16(20(14)17)13-25-19-9-7-8-18(24-6)21(15)19/h7-12H,13H2,1-6H3/q+1. The normalized spacial score (nSPS) is 19.0. The molecule has 0 fully saturated rings. The molecule has 25 heavy (non-hydrogen) atoms. The Hall–Kier alpha value is -2.26. The Morgan fingerprint density at radius 2 is 1.84 bits per heavy atom. The van der Waals surface area contributed by atoms with Gasteiger partial charge in [0.05, 0.1) is 26.8 Å². The van der Waals surface area contributed by atoms with Gasteiger partial charge in [-0.1, -0.05) is 6.07 Å². The lowest BCUT2D eigenvalue weighted by Crippen LogP contribution is -2.58. The minimum atomic E-state index is 0.0520. The largest absolute Gasteiger partial charge is 0.496 e. The van der Waals surface area contributed by atoms with Gasteiger partial charge in [-0.2, -0.15) is 0 Å². The summed E-state index contributed by atoms with van der Waals surface area (Å²) in [5.74, 6) is 1.77. The number of hydrogen-bond donors (Lipinski definition) is 0. The van der Waals surface area contributed by atoms with Gasteiger partial charge in [0.25, 0.3) is 0 Å². The second-order valence-electron chi connectivity index (χ2n) is 8.04. The van der Waals surface area contributed by atoms with Crippen molar-refractivity contribution in [3.63, 3.8) is 0 Å². The number of allylic oxidation sites excluding steroid dienone is 1. The van der Waals surface area contributed by atoms with E-state index in [0.29, 0.717) is 6.61 Å². The van der Waals surface area contributed by atoms with Crippen LogP contribution in [0.3, 0.4) is 0 Å². The lowest BCUT2D eigenvalue weighted by atomic mass is 9.81. The second-order valence-corrected chi connectivity index (χ2v) is 8.04. The maximum atomic E-state index is 6.11. The fourth-order valence-electron chi connectivity index (χ4n) is 4.22. The number of hydrogen-bond acceptors (Lipinski definition) is 2. The first-order valence-corrected chi connectivity index (χ1v) is 8.78. The van der Waals surface area contributed by atoms with Crippen molar-refractivity contribution in [2.24, 2.45) is 0 Å². The minimum Gasteiger partial charge on any atom is -0.496 e. The maximum absolute atomic E-state index is 6.11. The van der Waals surface area contributed by atoms with Crippen LogP contribution in [0, 0.1) is 0 Å². The van der Waals surface area contributed by atoms with E-state index in [1.165, 1.54) is 28.0 Å². The maximum Gasteiger partial charge on any atom is 0.141 e. The van der Waals surface area contributed by atoms with Gasteiger partial charge in [0.2, 0.25) is 0 Å². The zero-order valence-electron chi connectivity index (χ0n) is 15.9. The molecule has 3 nitrogen and oxygen atoms in total. The highest BCUT2D eigenvalue weighted by atomic mass is 16.5. The van der Waals surface area contributed by atoms with Gasteiger partial charge >= 0.3 is 0 Å². The minimum absolute atomic E-state index is 0.0520. The fraction of sp³-hybridized carbons (Fsp3) is 0.364. The molecule has 0 bridgehead atoms. The van der Waals surface area contributed by atoms with Crippen molar-refractivity contribution < 1.29 is 9.47 Å². The van der Waals surface area contributed by atoms with Crippen LogP contribution in [-0.4, -0.2) is 26.7 Å². The molecule has 0 unspecified atom stereocenters. The van der Waals surface area contributed by atoms with Crippen molar-refractivity contribution in [3.05, 3.63) is 47.5 Å². The van der Waals surface area contributed by atoms with Gasteiger partial charge < -0.3 is 9.47 Å². The topological polar surface area (TPSA) is 18.5 Å². The Morgan fingerprint density at radius 3 is 2.56 bits per heavy atom. The molecule has 0 saturated carbocycles. The molecule has 2 aromatic carbocycles. The number of nitrogens with zero attached hydrogens (tertiary/aromatic N) is 1. The summed E-state index contributed by atoms with van der Waals surface area (Å²) in [4.78, 5) is 0. The molecule has 0 saturated heterocycles. The molecule has 4 rings (SSSR count). The SMILES string of the molecule is COc1cccc2c1-c1ccc3c(c1CO2)C(C)=CC(C)(C)[N+]3(C)C. The van der Waals surface area contributed by atoms with Crippen LogP contribution in [0.15, 0.2) is 36.4 Å². The van der Waals surface area contributed by atoms with E-state index in [1.807, 2.05) is 18.2 Å².